The van der Waals surface area contributed by atoms with E-state index < -0.39 is 5.60 Å². The van der Waals surface area contributed by atoms with E-state index in [0.717, 1.165) is 0 Å². The van der Waals surface area contributed by atoms with Gasteiger partial charge in [0.25, 0.3) is 0 Å². The number of aromatic nitrogens is 4. The molecule has 2 aromatic rings. The zero-order valence-corrected chi connectivity index (χ0v) is 8.94. The van der Waals surface area contributed by atoms with E-state index in [2.05, 4.69) is 19.9 Å². The Kier molecular flexibility index (Phi) is 2.49. The van der Waals surface area contributed by atoms with Crippen LogP contribution in [0.5, 0.6) is 0 Å². The number of imidazole rings is 1. The van der Waals surface area contributed by atoms with Crippen molar-refractivity contribution in [2.24, 2.45) is 5.73 Å². The van der Waals surface area contributed by atoms with Crippen LogP contribution in [0.15, 0.2) is 6.33 Å². The number of anilines is 1. The molecule has 16 heavy (non-hydrogen) atoms. The molecule has 7 heteroatoms. The second-order valence-corrected chi connectivity index (χ2v) is 4.02. The zero-order chi connectivity index (χ0) is 11.8. The average molecular weight is 222 g/mol. The molecule has 0 amide bonds. The summed E-state index contributed by atoms with van der Waals surface area (Å²) in [4.78, 5) is 15.0. The van der Waals surface area contributed by atoms with Gasteiger partial charge in [0.2, 0.25) is 0 Å². The van der Waals surface area contributed by atoms with Crippen molar-refractivity contribution in [1.29, 1.82) is 0 Å². The number of fused-ring (bicyclic) bond motifs is 1. The molecule has 0 spiro atoms. The molecule has 2 heterocycles. The van der Waals surface area contributed by atoms with Crippen LogP contribution in [0, 0.1) is 0 Å². The highest BCUT2D eigenvalue weighted by Crippen LogP contribution is 2.16. The minimum atomic E-state index is -0.990. The van der Waals surface area contributed by atoms with E-state index in [0.29, 0.717) is 29.2 Å². The van der Waals surface area contributed by atoms with Crippen LogP contribution in [-0.4, -0.2) is 37.2 Å². The van der Waals surface area contributed by atoms with E-state index in [-0.39, 0.29) is 6.54 Å². The SMILES string of the molecule is CC(O)(CN)Cc1nc2ncnc(N)c2[nH]1. The molecule has 1 atom stereocenters. The fourth-order valence-corrected chi connectivity index (χ4v) is 1.41. The topological polar surface area (TPSA) is 127 Å². The summed E-state index contributed by atoms with van der Waals surface area (Å²) in [5, 5.41) is 9.82. The maximum absolute atomic E-state index is 9.82. The van der Waals surface area contributed by atoms with Crippen molar-refractivity contribution in [2.45, 2.75) is 18.9 Å². The molecule has 86 valence electrons. The van der Waals surface area contributed by atoms with E-state index in [4.69, 9.17) is 11.5 Å². The highest BCUT2D eigenvalue weighted by atomic mass is 16.3. The van der Waals surface area contributed by atoms with Crippen molar-refractivity contribution in [1.82, 2.24) is 19.9 Å². The lowest BCUT2D eigenvalue weighted by atomic mass is 10.0. The van der Waals surface area contributed by atoms with E-state index in [1.54, 1.807) is 6.92 Å². The highest BCUT2D eigenvalue weighted by molar-refractivity contribution is 5.80. The van der Waals surface area contributed by atoms with Crippen molar-refractivity contribution >= 4 is 17.0 Å². The molecular formula is C9H14N6O. The number of aromatic amines is 1. The van der Waals surface area contributed by atoms with E-state index in [1.165, 1.54) is 6.33 Å². The van der Waals surface area contributed by atoms with Gasteiger partial charge >= 0.3 is 0 Å². The summed E-state index contributed by atoms with van der Waals surface area (Å²) in [7, 11) is 0. The monoisotopic (exact) mass is 222 g/mol. The fraction of sp³-hybridized carbons (Fsp3) is 0.444. The average Bonchev–Trinajstić information content (AvgIpc) is 2.61. The first-order valence-electron chi connectivity index (χ1n) is 4.89. The van der Waals surface area contributed by atoms with Crippen LogP contribution in [0.25, 0.3) is 11.2 Å². The Hall–Kier alpha value is -1.73. The maximum Gasteiger partial charge on any atom is 0.183 e. The van der Waals surface area contributed by atoms with E-state index >= 15 is 0 Å². The van der Waals surface area contributed by atoms with E-state index in [9.17, 15) is 5.11 Å². The largest absolute Gasteiger partial charge is 0.388 e. The normalized spacial score (nSPS) is 15.2. The number of nitrogens with one attached hydrogen (secondary N) is 1. The summed E-state index contributed by atoms with van der Waals surface area (Å²) >= 11 is 0. The lowest BCUT2D eigenvalue weighted by Gasteiger charge is -2.18. The van der Waals surface area contributed by atoms with Crippen LogP contribution in [0.2, 0.25) is 0 Å². The molecule has 0 aliphatic carbocycles. The van der Waals surface area contributed by atoms with Crippen molar-refractivity contribution < 1.29 is 5.11 Å². The summed E-state index contributed by atoms with van der Waals surface area (Å²) in [6.07, 6.45) is 1.67. The van der Waals surface area contributed by atoms with Gasteiger partial charge in [0.1, 0.15) is 17.7 Å². The Labute approximate surface area is 91.9 Å². The quantitative estimate of drug-likeness (QED) is 0.537. The second kappa shape index (κ2) is 3.69. The molecule has 0 radical (unpaired) electrons. The Morgan fingerprint density at radius 1 is 1.50 bits per heavy atom. The van der Waals surface area contributed by atoms with Crippen LogP contribution in [0.4, 0.5) is 5.82 Å². The minimum absolute atomic E-state index is 0.158. The molecule has 0 fully saturated rings. The Bertz CT molecular complexity index is 506. The first-order valence-corrected chi connectivity index (χ1v) is 4.89. The third-order valence-electron chi connectivity index (χ3n) is 2.35. The standard InChI is InChI=1S/C9H14N6O/c1-9(16,3-10)2-5-14-6-7(11)12-4-13-8(6)15-5/h4,16H,2-3,10H2,1H3,(H3,11,12,13,14,15). The van der Waals surface area contributed by atoms with Gasteiger partial charge in [-0.2, -0.15) is 0 Å². The highest BCUT2D eigenvalue weighted by Gasteiger charge is 2.21. The third kappa shape index (κ3) is 1.95. The van der Waals surface area contributed by atoms with Gasteiger partial charge < -0.3 is 21.6 Å². The van der Waals surface area contributed by atoms with Crippen molar-refractivity contribution in [3.8, 4) is 0 Å². The van der Waals surface area contributed by atoms with Gasteiger partial charge in [-0.25, -0.2) is 15.0 Å². The Morgan fingerprint density at radius 3 is 2.88 bits per heavy atom. The van der Waals surface area contributed by atoms with Gasteiger partial charge in [0, 0.05) is 13.0 Å². The molecule has 2 aromatic heterocycles. The van der Waals surface area contributed by atoms with Crippen LogP contribution < -0.4 is 11.5 Å². The molecular weight excluding hydrogens is 208 g/mol. The fourth-order valence-electron chi connectivity index (χ4n) is 1.41. The molecule has 7 nitrogen and oxygen atoms in total. The van der Waals surface area contributed by atoms with Gasteiger partial charge in [-0.15, -0.1) is 0 Å². The molecule has 0 aliphatic heterocycles. The van der Waals surface area contributed by atoms with Gasteiger partial charge in [-0.05, 0) is 6.92 Å². The molecule has 1 unspecified atom stereocenters. The number of nitrogen functional groups attached to an aromatic ring is 1. The lowest BCUT2D eigenvalue weighted by molar-refractivity contribution is 0.0678. The van der Waals surface area contributed by atoms with Crippen LogP contribution in [0.1, 0.15) is 12.7 Å². The zero-order valence-electron chi connectivity index (χ0n) is 8.94. The predicted octanol–water partition coefficient (Wildman–Crippen LogP) is -0.813. The number of aliphatic hydroxyl groups is 1. The van der Waals surface area contributed by atoms with Gasteiger partial charge in [0.05, 0.1) is 5.60 Å². The lowest BCUT2D eigenvalue weighted by Crippen LogP contribution is -2.36. The smallest absolute Gasteiger partial charge is 0.183 e. The number of hydrogen-bond acceptors (Lipinski definition) is 6. The van der Waals surface area contributed by atoms with Crippen LogP contribution in [0.3, 0.4) is 0 Å². The molecule has 0 saturated carbocycles. The molecule has 0 aliphatic rings. The van der Waals surface area contributed by atoms with Crippen molar-refractivity contribution in [3.63, 3.8) is 0 Å². The summed E-state index contributed by atoms with van der Waals surface area (Å²) < 4.78 is 0. The molecule has 0 bridgehead atoms. The number of rotatable bonds is 3. The van der Waals surface area contributed by atoms with Crippen LogP contribution >= 0.6 is 0 Å². The van der Waals surface area contributed by atoms with Crippen molar-refractivity contribution in [2.75, 3.05) is 12.3 Å². The van der Waals surface area contributed by atoms with Gasteiger partial charge in [-0.3, -0.25) is 0 Å². The molecule has 2 rings (SSSR count). The third-order valence-corrected chi connectivity index (χ3v) is 2.35. The predicted molar refractivity (Wildman–Crippen MR) is 59.5 cm³/mol. The summed E-state index contributed by atoms with van der Waals surface area (Å²) in [5.41, 5.74) is 11.2. The summed E-state index contributed by atoms with van der Waals surface area (Å²) in [6, 6.07) is 0. The van der Waals surface area contributed by atoms with Gasteiger partial charge in [0.15, 0.2) is 11.5 Å². The van der Waals surface area contributed by atoms with Crippen molar-refractivity contribution in [3.05, 3.63) is 12.2 Å². The van der Waals surface area contributed by atoms with Gasteiger partial charge in [-0.1, -0.05) is 0 Å². The maximum atomic E-state index is 9.82. The Balaban J connectivity index is 2.37. The number of nitrogens with zero attached hydrogens (tertiary/aromatic N) is 3. The second-order valence-electron chi connectivity index (χ2n) is 4.02. The van der Waals surface area contributed by atoms with Crippen LogP contribution in [-0.2, 0) is 6.42 Å². The molecule has 0 aromatic carbocycles. The summed E-state index contributed by atoms with van der Waals surface area (Å²) in [5.74, 6) is 0.939. The minimum Gasteiger partial charge on any atom is -0.388 e. The first-order chi connectivity index (χ1) is 7.52. The number of nitrogens with two attached hydrogens (primary N) is 2. The number of H-pyrrole nitrogens is 1. The first kappa shape index (κ1) is 10.8. The summed E-state index contributed by atoms with van der Waals surface area (Å²) in [6.45, 7) is 1.81. The van der Waals surface area contributed by atoms with E-state index in [1.807, 2.05) is 0 Å². The molecule has 6 N–H and O–H groups in total. The Morgan fingerprint density at radius 2 is 2.25 bits per heavy atom. The molecule has 0 saturated heterocycles. The number of hydrogen-bond donors (Lipinski definition) is 4.